The number of H-pyrrole nitrogens is 1. The van der Waals surface area contributed by atoms with Crippen LogP contribution in [0.5, 0.6) is 5.75 Å². The minimum absolute atomic E-state index is 0.210. The van der Waals surface area contributed by atoms with Gasteiger partial charge < -0.3 is 21.1 Å². The second-order valence-electron chi connectivity index (χ2n) is 8.71. The number of hydrogen-bond acceptors (Lipinski definition) is 7. The Kier molecular flexibility index (Phi) is 7.00. The molecule has 4 rings (SSSR count). The molecule has 0 saturated heterocycles. The third kappa shape index (κ3) is 5.52. The molecule has 0 aliphatic carbocycles. The van der Waals surface area contributed by atoms with Gasteiger partial charge in [-0.15, -0.1) is 10.2 Å². The van der Waals surface area contributed by atoms with Crippen LogP contribution < -0.4 is 21.1 Å². The molecular formula is C27H29N7O2. The van der Waals surface area contributed by atoms with Crippen LogP contribution in [0.15, 0.2) is 55.1 Å². The van der Waals surface area contributed by atoms with Gasteiger partial charge in [0, 0.05) is 22.5 Å². The molecule has 0 fully saturated rings. The van der Waals surface area contributed by atoms with Crippen LogP contribution in [0.2, 0.25) is 0 Å². The molecule has 4 aromatic rings. The van der Waals surface area contributed by atoms with Crippen LogP contribution in [0.3, 0.4) is 0 Å². The number of nitrogens with two attached hydrogens (primary N) is 1. The van der Waals surface area contributed by atoms with Crippen molar-refractivity contribution in [3.63, 3.8) is 0 Å². The SMILES string of the molecule is C=C(Nc1cc(C(=O)Nc2ccc(C)c(C)c2)ccc1N)c1c(C)cc(OCc2nn[nH]n2)cc1C. The zero-order valence-corrected chi connectivity index (χ0v) is 20.8. The number of anilines is 3. The summed E-state index contributed by atoms with van der Waals surface area (Å²) in [7, 11) is 0. The minimum Gasteiger partial charge on any atom is -0.485 e. The molecule has 0 unspecified atom stereocenters. The molecule has 0 spiro atoms. The molecule has 0 bridgehead atoms. The highest BCUT2D eigenvalue weighted by molar-refractivity contribution is 6.05. The predicted molar refractivity (Wildman–Crippen MR) is 142 cm³/mol. The Balaban J connectivity index is 1.49. The van der Waals surface area contributed by atoms with Gasteiger partial charge >= 0.3 is 0 Å². The van der Waals surface area contributed by atoms with Gasteiger partial charge in [-0.3, -0.25) is 4.79 Å². The Morgan fingerprint density at radius 3 is 2.39 bits per heavy atom. The van der Waals surface area contributed by atoms with Gasteiger partial charge in [-0.1, -0.05) is 17.9 Å². The Hall–Kier alpha value is -4.66. The summed E-state index contributed by atoms with van der Waals surface area (Å²) in [6.45, 7) is 12.4. The van der Waals surface area contributed by atoms with Crippen molar-refractivity contribution in [3.05, 3.63) is 94.3 Å². The lowest BCUT2D eigenvalue weighted by Gasteiger charge is -2.18. The number of aromatic amines is 1. The summed E-state index contributed by atoms with van der Waals surface area (Å²) in [5.41, 5.74) is 14.4. The number of tetrazole rings is 1. The Labute approximate surface area is 209 Å². The average Bonchev–Trinajstić information content (AvgIpc) is 3.35. The summed E-state index contributed by atoms with van der Waals surface area (Å²) in [6, 6.07) is 14.8. The quantitative estimate of drug-likeness (QED) is 0.261. The Bertz CT molecular complexity index is 1410. The Morgan fingerprint density at radius 1 is 0.972 bits per heavy atom. The van der Waals surface area contributed by atoms with E-state index in [1.54, 1.807) is 18.2 Å². The number of amides is 1. The maximum Gasteiger partial charge on any atom is 0.255 e. The number of carbonyl (C=O) groups is 1. The fourth-order valence-corrected chi connectivity index (χ4v) is 3.93. The maximum absolute atomic E-state index is 12.9. The summed E-state index contributed by atoms with van der Waals surface area (Å²) in [5, 5.41) is 19.9. The van der Waals surface area contributed by atoms with E-state index in [4.69, 9.17) is 10.5 Å². The van der Waals surface area contributed by atoms with Crippen molar-refractivity contribution in [2.75, 3.05) is 16.4 Å². The van der Waals surface area contributed by atoms with Gasteiger partial charge in [0.25, 0.3) is 5.91 Å². The highest BCUT2D eigenvalue weighted by Gasteiger charge is 2.14. The summed E-state index contributed by atoms with van der Waals surface area (Å²) >= 11 is 0. The fourth-order valence-electron chi connectivity index (χ4n) is 3.93. The monoisotopic (exact) mass is 483 g/mol. The molecule has 9 nitrogen and oxygen atoms in total. The third-order valence-electron chi connectivity index (χ3n) is 5.93. The van der Waals surface area contributed by atoms with Crippen LogP contribution in [0.4, 0.5) is 17.1 Å². The molecule has 0 aliphatic heterocycles. The van der Waals surface area contributed by atoms with E-state index in [-0.39, 0.29) is 12.5 Å². The van der Waals surface area contributed by atoms with Crippen molar-refractivity contribution in [1.29, 1.82) is 0 Å². The van der Waals surface area contributed by atoms with E-state index in [9.17, 15) is 4.79 Å². The van der Waals surface area contributed by atoms with Crippen molar-refractivity contribution < 1.29 is 9.53 Å². The highest BCUT2D eigenvalue weighted by Crippen LogP contribution is 2.30. The molecule has 0 atom stereocenters. The molecule has 36 heavy (non-hydrogen) atoms. The molecule has 0 saturated carbocycles. The minimum atomic E-state index is -0.220. The van der Waals surface area contributed by atoms with Gasteiger partial charge in [-0.05, 0) is 92.4 Å². The molecule has 1 amide bonds. The number of aryl methyl sites for hydroxylation is 4. The van der Waals surface area contributed by atoms with Gasteiger partial charge in [0.2, 0.25) is 5.82 Å². The predicted octanol–water partition coefficient (Wildman–Crippen LogP) is 4.93. The van der Waals surface area contributed by atoms with E-state index in [1.807, 2.05) is 58.0 Å². The summed E-state index contributed by atoms with van der Waals surface area (Å²) in [4.78, 5) is 12.9. The number of nitrogen functional groups attached to an aromatic ring is 1. The maximum atomic E-state index is 12.9. The first-order valence-corrected chi connectivity index (χ1v) is 11.4. The molecule has 3 aromatic carbocycles. The zero-order chi connectivity index (χ0) is 25.8. The first-order chi connectivity index (χ1) is 17.2. The highest BCUT2D eigenvalue weighted by atomic mass is 16.5. The third-order valence-corrected chi connectivity index (χ3v) is 5.93. The number of nitrogens with one attached hydrogen (secondary N) is 3. The lowest BCUT2D eigenvalue weighted by atomic mass is 9.99. The van der Waals surface area contributed by atoms with Gasteiger partial charge in [0.1, 0.15) is 5.75 Å². The van der Waals surface area contributed by atoms with Crippen molar-refractivity contribution in [1.82, 2.24) is 20.6 Å². The van der Waals surface area contributed by atoms with Crippen LogP contribution >= 0.6 is 0 Å². The fraction of sp³-hybridized carbons (Fsp3) is 0.185. The van der Waals surface area contributed by atoms with Crippen LogP contribution in [0.1, 0.15) is 44.0 Å². The summed E-state index contributed by atoms with van der Waals surface area (Å²) in [6.07, 6.45) is 0. The largest absolute Gasteiger partial charge is 0.485 e. The zero-order valence-electron chi connectivity index (χ0n) is 20.8. The van der Waals surface area contributed by atoms with E-state index < -0.39 is 0 Å². The number of benzene rings is 3. The van der Waals surface area contributed by atoms with Gasteiger partial charge in [0.05, 0.1) is 11.4 Å². The van der Waals surface area contributed by atoms with Gasteiger partial charge in [-0.2, -0.15) is 5.21 Å². The molecule has 1 heterocycles. The van der Waals surface area contributed by atoms with Crippen LogP contribution in [0.25, 0.3) is 5.70 Å². The van der Waals surface area contributed by atoms with E-state index >= 15 is 0 Å². The summed E-state index contributed by atoms with van der Waals surface area (Å²) < 4.78 is 5.79. The standard InChI is InChI=1S/C27H29N7O2/c1-15-6-8-21(10-16(15)2)30-27(35)20-7-9-23(28)24(13-20)29-19(5)26-17(3)11-22(12-18(26)4)36-14-25-31-33-34-32-25/h6-13,29H,5,14,28H2,1-4H3,(H,30,35)(H,31,32,33,34). The van der Waals surface area contributed by atoms with E-state index in [2.05, 4.69) is 37.8 Å². The van der Waals surface area contributed by atoms with Crippen LogP contribution in [-0.2, 0) is 6.61 Å². The first-order valence-electron chi connectivity index (χ1n) is 11.4. The topological polar surface area (TPSA) is 131 Å². The number of nitrogens with zero attached hydrogens (tertiary/aromatic N) is 3. The van der Waals surface area contributed by atoms with Crippen LogP contribution in [-0.4, -0.2) is 26.5 Å². The molecule has 0 aliphatic rings. The number of ether oxygens (including phenoxy) is 1. The molecule has 0 radical (unpaired) electrons. The van der Waals surface area contributed by atoms with Crippen molar-refractivity contribution >= 4 is 28.7 Å². The Morgan fingerprint density at radius 2 is 1.72 bits per heavy atom. The second kappa shape index (κ2) is 10.3. The number of rotatable bonds is 8. The molecular weight excluding hydrogens is 454 g/mol. The lowest BCUT2D eigenvalue weighted by Crippen LogP contribution is -2.13. The molecule has 9 heteroatoms. The summed E-state index contributed by atoms with van der Waals surface area (Å²) in [5.74, 6) is 0.940. The van der Waals surface area contributed by atoms with Crippen molar-refractivity contribution in [3.8, 4) is 5.75 Å². The van der Waals surface area contributed by atoms with E-state index in [1.165, 1.54) is 5.56 Å². The molecule has 184 valence electrons. The van der Waals surface area contributed by atoms with Gasteiger partial charge in [0.15, 0.2) is 6.61 Å². The van der Waals surface area contributed by atoms with E-state index in [0.29, 0.717) is 34.2 Å². The molecule has 5 N–H and O–H groups in total. The normalized spacial score (nSPS) is 10.7. The number of hydrogen-bond donors (Lipinski definition) is 4. The first kappa shape index (κ1) is 24.5. The second-order valence-corrected chi connectivity index (χ2v) is 8.71. The smallest absolute Gasteiger partial charge is 0.255 e. The van der Waals surface area contributed by atoms with Crippen LogP contribution in [0, 0.1) is 27.7 Å². The van der Waals surface area contributed by atoms with Crippen molar-refractivity contribution in [2.45, 2.75) is 34.3 Å². The number of carbonyl (C=O) groups excluding carboxylic acids is 1. The van der Waals surface area contributed by atoms with Crippen molar-refractivity contribution in [2.24, 2.45) is 0 Å². The van der Waals surface area contributed by atoms with Gasteiger partial charge in [-0.25, -0.2) is 0 Å². The molecule has 1 aromatic heterocycles. The van der Waals surface area contributed by atoms with E-state index in [0.717, 1.165) is 27.9 Å². The number of aromatic nitrogens is 4. The lowest BCUT2D eigenvalue weighted by molar-refractivity contribution is 0.102. The average molecular weight is 484 g/mol.